The van der Waals surface area contributed by atoms with Gasteiger partial charge in [-0.05, 0) is 30.5 Å². The van der Waals surface area contributed by atoms with Crippen molar-refractivity contribution < 1.29 is 14.3 Å². The predicted molar refractivity (Wildman–Crippen MR) is 93.7 cm³/mol. The fourth-order valence-corrected chi connectivity index (χ4v) is 3.80. The van der Waals surface area contributed by atoms with Crippen molar-refractivity contribution in [2.75, 3.05) is 6.54 Å². The van der Waals surface area contributed by atoms with Gasteiger partial charge in [-0.25, -0.2) is 9.37 Å². The van der Waals surface area contributed by atoms with E-state index in [-0.39, 0.29) is 18.3 Å². The highest BCUT2D eigenvalue weighted by atomic mass is 32.1. The Balaban J connectivity index is 1.70. The van der Waals surface area contributed by atoms with E-state index in [0.717, 1.165) is 16.2 Å². The van der Waals surface area contributed by atoms with Crippen molar-refractivity contribution in [2.45, 2.75) is 12.5 Å². The Labute approximate surface area is 146 Å². The lowest BCUT2D eigenvalue weighted by molar-refractivity contribution is 0.0558. The molecule has 3 rings (SSSR count). The highest BCUT2D eigenvalue weighted by molar-refractivity contribution is 7.16. The predicted octanol–water partition coefficient (Wildman–Crippen LogP) is 3.65. The van der Waals surface area contributed by atoms with E-state index in [0.29, 0.717) is 15.4 Å². The maximum Gasteiger partial charge on any atom is 0.263 e. The molecule has 0 unspecified atom stereocenters. The first kappa shape index (κ1) is 16.8. The molecule has 0 fully saturated rings. The third-order valence-corrected chi connectivity index (χ3v) is 5.63. The van der Waals surface area contributed by atoms with Crippen LogP contribution >= 0.6 is 22.7 Å². The summed E-state index contributed by atoms with van der Waals surface area (Å²) in [7, 11) is 0. The largest absolute Gasteiger partial charge is 0.383 e. The van der Waals surface area contributed by atoms with Crippen LogP contribution in [-0.2, 0) is 5.60 Å². The normalized spacial score (nSPS) is 13.5. The van der Waals surface area contributed by atoms with E-state index in [9.17, 15) is 14.3 Å². The Morgan fingerprint density at radius 2 is 2.12 bits per heavy atom. The minimum absolute atomic E-state index is 0.0826. The van der Waals surface area contributed by atoms with E-state index in [1.807, 2.05) is 17.5 Å². The minimum atomic E-state index is -1.14. The van der Waals surface area contributed by atoms with Crippen LogP contribution in [0.25, 0.3) is 10.6 Å². The molecule has 0 bridgehead atoms. The molecule has 0 aliphatic heterocycles. The van der Waals surface area contributed by atoms with E-state index in [4.69, 9.17) is 0 Å². The van der Waals surface area contributed by atoms with Gasteiger partial charge in [0.1, 0.15) is 21.3 Å². The monoisotopic (exact) mass is 362 g/mol. The molecule has 2 N–H and O–H groups in total. The average molecular weight is 362 g/mol. The van der Waals surface area contributed by atoms with Crippen LogP contribution in [0.4, 0.5) is 4.39 Å². The molecule has 0 radical (unpaired) electrons. The molecule has 0 aliphatic carbocycles. The van der Waals surface area contributed by atoms with Crippen LogP contribution in [-0.4, -0.2) is 22.5 Å². The van der Waals surface area contributed by atoms with Crippen LogP contribution < -0.4 is 5.32 Å². The van der Waals surface area contributed by atoms with Crippen molar-refractivity contribution in [3.8, 4) is 10.6 Å². The molecule has 124 valence electrons. The minimum Gasteiger partial charge on any atom is -0.383 e. The number of halogens is 1. The summed E-state index contributed by atoms with van der Waals surface area (Å²) in [5.74, 6) is -0.716. The van der Waals surface area contributed by atoms with Gasteiger partial charge in [0.25, 0.3) is 5.91 Å². The van der Waals surface area contributed by atoms with Gasteiger partial charge < -0.3 is 10.4 Å². The van der Waals surface area contributed by atoms with Crippen LogP contribution in [0, 0.1) is 5.82 Å². The maximum absolute atomic E-state index is 13.8. The zero-order valence-electron chi connectivity index (χ0n) is 12.8. The Kier molecular flexibility index (Phi) is 4.75. The summed E-state index contributed by atoms with van der Waals surface area (Å²) in [4.78, 5) is 17.5. The molecule has 7 heteroatoms. The smallest absolute Gasteiger partial charge is 0.263 e. The first-order chi connectivity index (χ1) is 11.5. The lowest BCUT2D eigenvalue weighted by Crippen LogP contribution is -2.37. The third-order valence-electron chi connectivity index (χ3n) is 3.48. The number of thiophene rings is 1. The second-order valence-corrected chi connectivity index (χ2v) is 7.42. The number of hydrogen-bond donors (Lipinski definition) is 2. The molecule has 2 heterocycles. The molecule has 0 spiro atoms. The fraction of sp³-hybridized carbons (Fsp3) is 0.176. The van der Waals surface area contributed by atoms with Gasteiger partial charge in [0.05, 0.1) is 12.7 Å². The maximum atomic E-state index is 13.8. The molecule has 0 saturated carbocycles. The van der Waals surface area contributed by atoms with Crippen molar-refractivity contribution in [3.05, 3.63) is 63.5 Å². The zero-order chi connectivity index (χ0) is 17.2. The Hall–Kier alpha value is -2.09. The third kappa shape index (κ3) is 3.53. The van der Waals surface area contributed by atoms with Crippen molar-refractivity contribution >= 4 is 28.6 Å². The number of hydrogen-bond acceptors (Lipinski definition) is 5. The molecule has 0 saturated heterocycles. The highest BCUT2D eigenvalue weighted by Crippen LogP contribution is 2.28. The number of aromatic nitrogens is 1. The van der Waals surface area contributed by atoms with Gasteiger partial charge in [-0.2, -0.15) is 0 Å². The lowest BCUT2D eigenvalue weighted by Gasteiger charge is -2.21. The van der Waals surface area contributed by atoms with Crippen molar-refractivity contribution in [1.82, 2.24) is 10.3 Å². The molecule has 4 nitrogen and oxygen atoms in total. The number of nitrogens with zero attached hydrogens (tertiary/aromatic N) is 1. The van der Waals surface area contributed by atoms with Gasteiger partial charge >= 0.3 is 0 Å². The average Bonchev–Trinajstić information content (AvgIpc) is 3.25. The number of benzene rings is 1. The standard InChI is InChI=1S/C17H15FN2O2S2/c1-17(22,14-7-4-8-23-14)10-20-15(21)13-9-19-16(24-13)11-5-2-3-6-12(11)18/h2-9,22H,10H2,1H3,(H,20,21)/t17-/m0/s1. The summed E-state index contributed by atoms with van der Waals surface area (Å²) in [6.45, 7) is 1.73. The van der Waals surface area contributed by atoms with Crippen LogP contribution in [0.1, 0.15) is 21.5 Å². The van der Waals surface area contributed by atoms with Gasteiger partial charge in [-0.1, -0.05) is 18.2 Å². The second kappa shape index (κ2) is 6.80. The van der Waals surface area contributed by atoms with Crippen molar-refractivity contribution in [3.63, 3.8) is 0 Å². The number of aliphatic hydroxyl groups is 1. The van der Waals surface area contributed by atoms with E-state index in [1.165, 1.54) is 23.6 Å². The summed E-state index contributed by atoms with van der Waals surface area (Å²) >= 11 is 2.54. The molecule has 1 atom stereocenters. The van der Waals surface area contributed by atoms with Crippen molar-refractivity contribution in [1.29, 1.82) is 0 Å². The SMILES string of the molecule is C[C@](O)(CNC(=O)c1cnc(-c2ccccc2F)s1)c1cccs1. The van der Waals surface area contributed by atoms with Gasteiger partial charge in [0.15, 0.2) is 0 Å². The van der Waals surface area contributed by atoms with Crippen LogP contribution in [0.5, 0.6) is 0 Å². The first-order valence-electron chi connectivity index (χ1n) is 7.23. The van der Waals surface area contributed by atoms with Crippen LogP contribution in [0.3, 0.4) is 0 Å². The fourth-order valence-electron chi connectivity index (χ4n) is 2.15. The Morgan fingerprint density at radius 1 is 1.33 bits per heavy atom. The quantitative estimate of drug-likeness (QED) is 0.728. The van der Waals surface area contributed by atoms with Gasteiger partial charge in [-0.3, -0.25) is 4.79 Å². The van der Waals surface area contributed by atoms with E-state index in [1.54, 1.807) is 25.1 Å². The highest BCUT2D eigenvalue weighted by Gasteiger charge is 2.25. The summed E-state index contributed by atoms with van der Waals surface area (Å²) in [5.41, 5.74) is -0.768. The van der Waals surface area contributed by atoms with Gasteiger partial charge in [-0.15, -0.1) is 22.7 Å². The van der Waals surface area contributed by atoms with E-state index >= 15 is 0 Å². The molecule has 3 aromatic rings. The molecular formula is C17H15FN2O2S2. The van der Waals surface area contributed by atoms with Gasteiger partial charge in [0, 0.05) is 10.4 Å². The molecule has 1 aromatic carbocycles. The molecule has 1 amide bonds. The van der Waals surface area contributed by atoms with E-state index < -0.39 is 5.60 Å². The number of nitrogens with one attached hydrogen (secondary N) is 1. The molecular weight excluding hydrogens is 347 g/mol. The molecule has 24 heavy (non-hydrogen) atoms. The zero-order valence-corrected chi connectivity index (χ0v) is 14.5. The summed E-state index contributed by atoms with van der Waals surface area (Å²) in [6.07, 6.45) is 1.42. The topological polar surface area (TPSA) is 62.2 Å². The number of rotatable bonds is 5. The number of carbonyl (C=O) groups excluding carboxylic acids is 1. The first-order valence-corrected chi connectivity index (χ1v) is 8.92. The Morgan fingerprint density at radius 3 is 2.83 bits per heavy atom. The van der Waals surface area contributed by atoms with Crippen molar-refractivity contribution in [2.24, 2.45) is 0 Å². The van der Waals surface area contributed by atoms with Crippen LogP contribution in [0.2, 0.25) is 0 Å². The van der Waals surface area contributed by atoms with E-state index in [2.05, 4.69) is 10.3 Å². The van der Waals surface area contributed by atoms with Crippen LogP contribution in [0.15, 0.2) is 48.0 Å². The summed E-state index contributed by atoms with van der Waals surface area (Å²) in [6, 6.07) is 9.97. The Bertz CT molecular complexity index is 844. The lowest BCUT2D eigenvalue weighted by atomic mass is 10.1. The summed E-state index contributed by atoms with van der Waals surface area (Å²) < 4.78 is 13.8. The number of carbonyl (C=O) groups is 1. The number of thiazole rings is 1. The summed E-state index contributed by atoms with van der Waals surface area (Å²) in [5, 5.41) is 15.4. The number of amides is 1. The van der Waals surface area contributed by atoms with Gasteiger partial charge in [0.2, 0.25) is 0 Å². The molecule has 2 aromatic heterocycles. The second-order valence-electron chi connectivity index (χ2n) is 5.44. The molecule has 0 aliphatic rings.